The molecule has 0 amide bonds. The van der Waals surface area contributed by atoms with E-state index in [4.69, 9.17) is 4.98 Å². The highest BCUT2D eigenvalue weighted by Crippen LogP contribution is 2.32. The van der Waals surface area contributed by atoms with Gasteiger partial charge in [-0.25, -0.2) is 4.98 Å². The Labute approximate surface area is 102 Å². The number of nitrogens with one attached hydrogen (secondary N) is 1. The summed E-state index contributed by atoms with van der Waals surface area (Å²) >= 11 is 1.94. The molecule has 1 aliphatic carbocycles. The molecule has 1 N–H and O–H groups in total. The van der Waals surface area contributed by atoms with E-state index in [0.717, 1.165) is 0 Å². The maximum Gasteiger partial charge on any atom is 0.110 e. The molecule has 0 fully saturated rings. The lowest BCUT2D eigenvalue weighted by Gasteiger charge is -2.18. The van der Waals surface area contributed by atoms with Crippen molar-refractivity contribution >= 4 is 11.3 Å². The summed E-state index contributed by atoms with van der Waals surface area (Å²) in [6.07, 6.45) is 6.18. The van der Waals surface area contributed by atoms with Crippen molar-refractivity contribution in [3.05, 3.63) is 15.6 Å². The zero-order valence-corrected chi connectivity index (χ0v) is 11.4. The van der Waals surface area contributed by atoms with Crippen LogP contribution < -0.4 is 5.32 Å². The predicted molar refractivity (Wildman–Crippen MR) is 70.1 cm³/mol. The summed E-state index contributed by atoms with van der Waals surface area (Å²) < 4.78 is 0. The Kier molecular flexibility index (Phi) is 3.98. The summed E-state index contributed by atoms with van der Waals surface area (Å²) in [4.78, 5) is 6.36. The number of hydrogen-bond donors (Lipinski definition) is 1. The first-order chi connectivity index (χ1) is 7.70. The maximum atomic E-state index is 4.82. The summed E-state index contributed by atoms with van der Waals surface area (Å²) in [5.41, 5.74) is 1.38. The summed E-state index contributed by atoms with van der Waals surface area (Å²) in [7, 11) is 0. The SMILES string of the molecule is CCCC(NC(C)C)c1nc2c(s1)CCC2. The van der Waals surface area contributed by atoms with E-state index in [1.807, 2.05) is 11.3 Å². The molecule has 2 rings (SSSR count). The monoisotopic (exact) mass is 238 g/mol. The molecule has 90 valence electrons. The van der Waals surface area contributed by atoms with Gasteiger partial charge in [0.2, 0.25) is 0 Å². The Morgan fingerprint density at radius 1 is 1.38 bits per heavy atom. The van der Waals surface area contributed by atoms with Crippen molar-refractivity contribution in [2.24, 2.45) is 0 Å². The van der Waals surface area contributed by atoms with Gasteiger partial charge in [0.05, 0.1) is 11.7 Å². The molecule has 16 heavy (non-hydrogen) atoms. The van der Waals surface area contributed by atoms with Crippen LogP contribution in [0.4, 0.5) is 0 Å². The van der Waals surface area contributed by atoms with Crippen molar-refractivity contribution in [2.75, 3.05) is 0 Å². The molecule has 1 aromatic heterocycles. The maximum absolute atomic E-state index is 4.82. The number of rotatable bonds is 5. The molecule has 1 unspecified atom stereocenters. The van der Waals surface area contributed by atoms with Gasteiger partial charge in [-0.3, -0.25) is 0 Å². The van der Waals surface area contributed by atoms with Gasteiger partial charge in [0.1, 0.15) is 5.01 Å². The first kappa shape index (κ1) is 12.1. The molecule has 0 radical (unpaired) electrons. The molecule has 1 aliphatic rings. The van der Waals surface area contributed by atoms with E-state index in [-0.39, 0.29) is 0 Å². The lowest BCUT2D eigenvalue weighted by Crippen LogP contribution is -2.28. The number of thiazole rings is 1. The zero-order chi connectivity index (χ0) is 11.5. The lowest BCUT2D eigenvalue weighted by molar-refractivity contribution is 0.446. The van der Waals surface area contributed by atoms with Crippen LogP contribution in [0.25, 0.3) is 0 Å². The fourth-order valence-electron chi connectivity index (χ4n) is 2.33. The van der Waals surface area contributed by atoms with Crippen LogP contribution in [0.5, 0.6) is 0 Å². The fraction of sp³-hybridized carbons (Fsp3) is 0.769. The third-order valence-electron chi connectivity index (χ3n) is 3.02. The number of fused-ring (bicyclic) bond motifs is 1. The van der Waals surface area contributed by atoms with Gasteiger partial charge in [0, 0.05) is 10.9 Å². The minimum absolute atomic E-state index is 0.473. The summed E-state index contributed by atoms with van der Waals surface area (Å²) in [6.45, 7) is 6.67. The Hall–Kier alpha value is -0.410. The predicted octanol–water partition coefficient (Wildman–Crippen LogP) is 3.47. The third-order valence-corrected chi connectivity index (χ3v) is 4.29. The highest BCUT2D eigenvalue weighted by Gasteiger charge is 2.21. The van der Waals surface area contributed by atoms with Gasteiger partial charge in [0.25, 0.3) is 0 Å². The molecule has 0 saturated carbocycles. The average molecular weight is 238 g/mol. The molecular weight excluding hydrogens is 216 g/mol. The lowest BCUT2D eigenvalue weighted by atomic mass is 10.1. The van der Waals surface area contributed by atoms with E-state index in [1.165, 1.54) is 42.8 Å². The van der Waals surface area contributed by atoms with Crippen LogP contribution in [0.3, 0.4) is 0 Å². The first-order valence-electron chi connectivity index (χ1n) is 6.45. The van der Waals surface area contributed by atoms with Gasteiger partial charge in [-0.05, 0) is 25.7 Å². The molecular formula is C13H22N2S. The normalized spacial score (nSPS) is 16.8. The second-order valence-corrected chi connectivity index (χ2v) is 6.05. The Bertz CT molecular complexity index is 322. The van der Waals surface area contributed by atoms with Crippen molar-refractivity contribution in [1.82, 2.24) is 10.3 Å². The highest BCUT2D eigenvalue weighted by atomic mass is 32.1. The topological polar surface area (TPSA) is 24.9 Å². The van der Waals surface area contributed by atoms with Gasteiger partial charge in [0.15, 0.2) is 0 Å². The van der Waals surface area contributed by atoms with E-state index in [2.05, 4.69) is 26.1 Å². The highest BCUT2D eigenvalue weighted by molar-refractivity contribution is 7.11. The van der Waals surface area contributed by atoms with Crippen LogP contribution in [-0.2, 0) is 12.8 Å². The molecule has 0 aliphatic heterocycles. The average Bonchev–Trinajstić information content (AvgIpc) is 2.74. The van der Waals surface area contributed by atoms with E-state index in [1.54, 1.807) is 4.88 Å². The van der Waals surface area contributed by atoms with E-state index in [9.17, 15) is 0 Å². The van der Waals surface area contributed by atoms with Crippen LogP contribution >= 0.6 is 11.3 Å². The fourth-order valence-corrected chi connectivity index (χ4v) is 3.58. The minimum atomic E-state index is 0.473. The van der Waals surface area contributed by atoms with Crippen LogP contribution in [0.1, 0.15) is 61.7 Å². The summed E-state index contributed by atoms with van der Waals surface area (Å²) in [5, 5.41) is 4.95. The quantitative estimate of drug-likeness (QED) is 0.849. The van der Waals surface area contributed by atoms with Gasteiger partial charge in [-0.2, -0.15) is 0 Å². The van der Waals surface area contributed by atoms with E-state index >= 15 is 0 Å². The van der Waals surface area contributed by atoms with Crippen LogP contribution in [0.15, 0.2) is 0 Å². The second kappa shape index (κ2) is 5.28. The molecule has 0 spiro atoms. The largest absolute Gasteiger partial charge is 0.306 e. The van der Waals surface area contributed by atoms with Crippen molar-refractivity contribution in [3.8, 4) is 0 Å². The Balaban J connectivity index is 2.11. The van der Waals surface area contributed by atoms with Gasteiger partial charge in [-0.15, -0.1) is 11.3 Å². The first-order valence-corrected chi connectivity index (χ1v) is 7.27. The van der Waals surface area contributed by atoms with Crippen LogP contribution in [-0.4, -0.2) is 11.0 Å². The van der Waals surface area contributed by atoms with Crippen molar-refractivity contribution in [2.45, 2.75) is 65.0 Å². The van der Waals surface area contributed by atoms with E-state index < -0.39 is 0 Å². The standard InChI is InChI=1S/C13H22N2S/c1-4-6-11(14-9(2)3)13-15-10-7-5-8-12(10)16-13/h9,11,14H,4-8H2,1-3H3. The molecule has 0 saturated heterocycles. The molecule has 1 atom stereocenters. The molecule has 0 bridgehead atoms. The minimum Gasteiger partial charge on any atom is -0.306 e. The molecule has 0 aromatic carbocycles. The summed E-state index contributed by atoms with van der Waals surface area (Å²) in [5.74, 6) is 0. The number of aryl methyl sites for hydroxylation is 2. The molecule has 3 heteroatoms. The van der Waals surface area contributed by atoms with Gasteiger partial charge < -0.3 is 5.32 Å². The van der Waals surface area contributed by atoms with Crippen molar-refractivity contribution < 1.29 is 0 Å². The Morgan fingerprint density at radius 3 is 2.81 bits per heavy atom. The summed E-state index contributed by atoms with van der Waals surface area (Å²) in [6, 6.07) is 1.01. The zero-order valence-electron chi connectivity index (χ0n) is 10.5. The number of nitrogens with zero attached hydrogens (tertiary/aromatic N) is 1. The van der Waals surface area contributed by atoms with Gasteiger partial charge >= 0.3 is 0 Å². The third kappa shape index (κ3) is 2.64. The van der Waals surface area contributed by atoms with Crippen LogP contribution in [0, 0.1) is 0 Å². The van der Waals surface area contributed by atoms with E-state index in [0.29, 0.717) is 12.1 Å². The second-order valence-electron chi connectivity index (χ2n) is 4.94. The van der Waals surface area contributed by atoms with Crippen molar-refractivity contribution in [3.63, 3.8) is 0 Å². The molecule has 1 heterocycles. The molecule has 2 nitrogen and oxygen atoms in total. The Morgan fingerprint density at radius 2 is 2.19 bits per heavy atom. The van der Waals surface area contributed by atoms with Crippen LogP contribution in [0.2, 0.25) is 0 Å². The smallest absolute Gasteiger partial charge is 0.110 e. The van der Waals surface area contributed by atoms with Crippen molar-refractivity contribution in [1.29, 1.82) is 0 Å². The van der Waals surface area contributed by atoms with Gasteiger partial charge in [-0.1, -0.05) is 27.2 Å². The number of aromatic nitrogens is 1. The molecule has 1 aromatic rings. The number of hydrogen-bond acceptors (Lipinski definition) is 3.